The Bertz CT molecular complexity index is 753. The fourth-order valence-corrected chi connectivity index (χ4v) is 2.93. The van der Waals surface area contributed by atoms with Gasteiger partial charge in [0.15, 0.2) is 0 Å². The van der Waals surface area contributed by atoms with Crippen LogP contribution in [0.3, 0.4) is 0 Å². The van der Waals surface area contributed by atoms with Crippen molar-refractivity contribution in [3.63, 3.8) is 0 Å². The van der Waals surface area contributed by atoms with Crippen LogP contribution in [0.5, 0.6) is 5.75 Å². The zero-order chi connectivity index (χ0) is 23.6. The van der Waals surface area contributed by atoms with Gasteiger partial charge in [0.1, 0.15) is 36.8 Å². The second-order valence-electron chi connectivity index (χ2n) is 9.85. The number of anilines is 1. The number of esters is 1. The van der Waals surface area contributed by atoms with Gasteiger partial charge in [0.25, 0.3) is 0 Å². The van der Waals surface area contributed by atoms with Crippen molar-refractivity contribution in [2.75, 3.05) is 11.9 Å². The van der Waals surface area contributed by atoms with E-state index in [1.165, 1.54) is 0 Å². The highest BCUT2D eigenvalue weighted by molar-refractivity contribution is 5.75. The number of aliphatic hydroxyl groups is 4. The molecule has 1 aromatic carbocycles. The van der Waals surface area contributed by atoms with Crippen LogP contribution in [0, 0.1) is 5.41 Å². The zero-order valence-electron chi connectivity index (χ0n) is 19.0. The minimum atomic E-state index is -1.54. The molecule has 5 N–H and O–H groups in total. The average Bonchev–Trinajstić information content (AvgIpc) is 2.66. The van der Waals surface area contributed by atoms with Crippen LogP contribution in [0.2, 0.25) is 0 Å². The third-order valence-electron chi connectivity index (χ3n) is 4.63. The molecule has 1 heterocycles. The van der Waals surface area contributed by atoms with E-state index in [1.807, 2.05) is 20.8 Å². The fraction of sp³-hybridized carbons (Fsp3) is 0.682. The average molecular weight is 442 g/mol. The van der Waals surface area contributed by atoms with Gasteiger partial charge < -0.3 is 40.0 Å². The molecule has 0 aromatic heterocycles. The summed E-state index contributed by atoms with van der Waals surface area (Å²) in [5.41, 5.74) is 0.339. The van der Waals surface area contributed by atoms with E-state index < -0.39 is 42.7 Å². The molecule has 9 nitrogen and oxygen atoms in total. The van der Waals surface area contributed by atoms with E-state index in [0.717, 1.165) is 5.56 Å². The van der Waals surface area contributed by atoms with Crippen LogP contribution < -0.4 is 10.1 Å². The fourth-order valence-electron chi connectivity index (χ4n) is 2.93. The molecule has 1 aliphatic rings. The maximum Gasteiger partial charge on any atom is 0.311 e. The SMILES string of the molecule is CC(C)(C)Nc1cc(COC(=O)C(C)(C)C)ccc1OC1OC(CO)C(O)C(O)C1O. The minimum absolute atomic E-state index is 0.0786. The summed E-state index contributed by atoms with van der Waals surface area (Å²) in [5, 5.41) is 42.9. The van der Waals surface area contributed by atoms with E-state index in [-0.39, 0.29) is 18.1 Å². The van der Waals surface area contributed by atoms with E-state index in [4.69, 9.17) is 14.2 Å². The van der Waals surface area contributed by atoms with Crippen LogP contribution in [-0.4, -0.2) is 69.2 Å². The van der Waals surface area contributed by atoms with Gasteiger partial charge in [0.05, 0.1) is 17.7 Å². The Morgan fingerprint density at radius 1 is 1.06 bits per heavy atom. The van der Waals surface area contributed by atoms with Crippen LogP contribution in [0.1, 0.15) is 47.1 Å². The second kappa shape index (κ2) is 9.70. The van der Waals surface area contributed by atoms with Crippen molar-refractivity contribution in [1.82, 2.24) is 0 Å². The summed E-state index contributed by atoms with van der Waals surface area (Å²) in [7, 11) is 0. The molecule has 5 atom stereocenters. The summed E-state index contributed by atoms with van der Waals surface area (Å²) in [5.74, 6) is 0.00429. The first kappa shape index (κ1) is 25.4. The van der Waals surface area contributed by atoms with Gasteiger partial charge >= 0.3 is 5.97 Å². The van der Waals surface area contributed by atoms with Gasteiger partial charge in [-0.25, -0.2) is 0 Å². The number of carbonyl (C=O) groups is 1. The molecule has 1 aromatic rings. The quantitative estimate of drug-likeness (QED) is 0.412. The van der Waals surface area contributed by atoms with Crippen molar-refractivity contribution < 1.29 is 39.4 Å². The number of nitrogens with one attached hydrogen (secondary N) is 1. The summed E-state index contributed by atoms with van der Waals surface area (Å²) < 4.78 is 16.6. The number of ether oxygens (including phenoxy) is 3. The topological polar surface area (TPSA) is 138 Å². The molecular formula is C22H35NO8. The van der Waals surface area contributed by atoms with Gasteiger partial charge in [-0.05, 0) is 59.2 Å². The Morgan fingerprint density at radius 2 is 1.71 bits per heavy atom. The van der Waals surface area contributed by atoms with Gasteiger partial charge in [0, 0.05) is 5.54 Å². The Labute approximate surface area is 182 Å². The normalized spacial score (nSPS) is 27.0. The van der Waals surface area contributed by atoms with Crippen molar-refractivity contribution in [1.29, 1.82) is 0 Å². The molecule has 0 amide bonds. The molecule has 0 radical (unpaired) electrons. The van der Waals surface area contributed by atoms with E-state index in [9.17, 15) is 25.2 Å². The number of hydrogen-bond acceptors (Lipinski definition) is 9. The molecule has 1 fully saturated rings. The first-order valence-corrected chi connectivity index (χ1v) is 10.3. The molecule has 0 saturated carbocycles. The summed E-state index contributed by atoms with van der Waals surface area (Å²) in [6, 6.07) is 5.11. The van der Waals surface area contributed by atoms with E-state index >= 15 is 0 Å². The molecular weight excluding hydrogens is 406 g/mol. The van der Waals surface area contributed by atoms with Crippen molar-refractivity contribution in [3.8, 4) is 5.75 Å². The molecule has 1 aliphatic heterocycles. The monoisotopic (exact) mass is 441 g/mol. The molecule has 5 unspecified atom stereocenters. The highest BCUT2D eigenvalue weighted by Crippen LogP contribution is 2.32. The maximum absolute atomic E-state index is 12.1. The molecule has 1 saturated heterocycles. The summed E-state index contributed by atoms with van der Waals surface area (Å²) >= 11 is 0. The molecule has 0 spiro atoms. The van der Waals surface area contributed by atoms with Crippen molar-refractivity contribution >= 4 is 11.7 Å². The van der Waals surface area contributed by atoms with E-state index in [0.29, 0.717) is 11.4 Å². The van der Waals surface area contributed by atoms with E-state index in [1.54, 1.807) is 39.0 Å². The predicted octanol–water partition coefficient (Wildman–Crippen LogP) is 1.16. The minimum Gasteiger partial charge on any atom is -0.460 e. The van der Waals surface area contributed by atoms with Crippen LogP contribution in [0.25, 0.3) is 0 Å². The number of benzene rings is 1. The van der Waals surface area contributed by atoms with Crippen molar-refractivity contribution in [2.45, 2.75) is 84.4 Å². The second-order valence-corrected chi connectivity index (χ2v) is 9.85. The molecule has 9 heteroatoms. The Hall–Kier alpha value is -1.91. The van der Waals surface area contributed by atoms with Gasteiger partial charge in [-0.2, -0.15) is 0 Å². The summed E-state index contributed by atoms with van der Waals surface area (Å²) in [6.45, 7) is 10.7. The number of carbonyl (C=O) groups excluding carboxylic acids is 1. The zero-order valence-corrected chi connectivity index (χ0v) is 19.0. The predicted molar refractivity (Wildman–Crippen MR) is 113 cm³/mol. The smallest absolute Gasteiger partial charge is 0.311 e. The summed E-state index contributed by atoms with van der Waals surface area (Å²) in [6.07, 6.45) is -6.90. The third-order valence-corrected chi connectivity index (χ3v) is 4.63. The highest BCUT2D eigenvalue weighted by Gasteiger charge is 2.45. The number of aliphatic hydroxyl groups excluding tert-OH is 4. The Morgan fingerprint density at radius 3 is 2.26 bits per heavy atom. The Kier molecular flexibility index (Phi) is 7.94. The lowest BCUT2D eigenvalue weighted by atomic mass is 9.97. The van der Waals surface area contributed by atoms with Crippen LogP contribution in [-0.2, 0) is 20.9 Å². The first-order valence-electron chi connectivity index (χ1n) is 10.3. The molecule has 2 rings (SSSR count). The highest BCUT2D eigenvalue weighted by atomic mass is 16.7. The van der Waals surface area contributed by atoms with Gasteiger partial charge in [-0.15, -0.1) is 0 Å². The lowest BCUT2D eigenvalue weighted by molar-refractivity contribution is -0.277. The lowest BCUT2D eigenvalue weighted by Crippen LogP contribution is -2.60. The largest absolute Gasteiger partial charge is 0.460 e. The first-order chi connectivity index (χ1) is 14.2. The molecule has 0 aliphatic carbocycles. The molecule has 176 valence electrons. The third kappa shape index (κ3) is 6.78. The lowest BCUT2D eigenvalue weighted by Gasteiger charge is -2.40. The van der Waals surface area contributed by atoms with Gasteiger partial charge in [-0.1, -0.05) is 6.07 Å². The van der Waals surface area contributed by atoms with Crippen LogP contribution in [0.4, 0.5) is 5.69 Å². The summed E-state index contributed by atoms with van der Waals surface area (Å²) in [4.78, 5) is 12.1. The molecule has 31 heavy (non-hydrogen) atoms. The number of rotatable bonds is 6. The van der Waals surface area contributed by atoms with Gasteiger partial charge in [0.2, 0.25) is 6.29 Å². The standard InChI is InChI=1S/C22H35NO8/c1-21(2,3)20(28)29-11-12-7-8-14(13(9-12)23-22(4,5)6)30-19-18(27)17(26)16(25)15(10-24)31-19/h7-9,15-19,23-27H,10-11H2,1-6H3. The van der Waals surface area contributed by atoms with Crippen molar-refractivity contribution in [2.24, 2.45) is 5.41 Å². The van der Waals surface area contributed by atoms with Crippen molar-refractivity contribution in [3.05, 3.63) is 23.8 Å². The van der Waals surface area contributed by atoms with Crippen LogP contribution in [0.15, 0.2) is 18.2 Å². The Balaban J connectivity index is 2.24. The molecule has 0 bridgehead atoms. The van der Waals surface area contributed by atoms with Crippen LogP contribution >= 0.6 is 0 Å². The van der Waals surface area contributed by atoms with Gasteiger partial charge in [-0.3, -0.25) is 4.79 Å². The number of hydrogen-bond donors (Lipinski definition) is 5. The van der Waals surface area contributed by atoms with E-state index in [2.05, 4.69) is 5.32 Å². The maximum atomic E-state index is 12.1.